The highest BCUT2D eigenvalue weighted by atomic mass is 19.4. The summed E-state index contributed by atoms with van der Waals surface area (Å²) >= 11 is 0. The predicted octanol–water partition coefficient (Wildman–Crippen LogP) is 6.82. The van der Waals surface area contributed by atoms with Crippen LogP contribution < -0.4 is 20.1 Å². The van der Waals surface area contributed by atoms with Crippen molar-refractivity contribution < 1.29 is 45.7 Å². The molecule has 2 amide bonds. The Morgan fingerprint density at radius 2 is 1.33 bits per heavy atom. The first-order valence-electron chi connectivity index (χ1n) is 13.3. The number of carbonyl (C=O) groups excluding carboxylic acids is 1. The molecule has 0 unspecified atom stereocenters. The van der Waals surface area contributed by atoms with Gasteiger partial charge in [-0.3, -0.25) is 0 Å². The van der Waals surface area contributed by atoms with Gasteiger partial charge in [0.15, 0.2) is 0 Å². The quantitative estimate of drug-likeness (QED) is 0.237. The molecule has 1 aliphatic carbocycles. The summed E-state index contributed by atoms with van der Waals surface area (Å²) in [4.78, 5) is 13.6. The zero-order valence-electron chi connectivity index (χ0n) is 22.3. The molecule has 4 rings (SSSR count). The fourth-order valence-electron chi connectivity index (χ4n) is 5.39. The van der Waals surface area contributed by atoms with Crippen molar-refractivity contribution >= 4 is 6.03 Å². The topological polar surface area (TPSA) is 79.8 Å². The van der Waals surface area contributed by atoms with Crippen LogP contribution in [0.2, 0.25) is 0 Å². The van der Waals surface area contributed by atoms with Crippen molar-refractivity contribution in [1.29, 1.82) is 0 Å². The summed E-state index contributed by atoms with van der Waals surface area (Å²) in [5, 5.41) is 15.6. The molecule has 12 heteroatoms. The molecule has 0 heterocycles. The summed E-state index contributed by atoms with van der Waals surface area (Å²) in [5.41, 5.74) is -0.817. The zero-order valence-corrected chi connectivity index (χ0v) is 22.3. The van der Waals surface area contributed by atoms with Crippen molar-refractivity contribution in [1.82, 2.24) is 10.6 Å². The minimum Gasteiger partial charge on any atom is -0.406 e. The van der Waals surface area contributed by atoms with E-state index in [0.717, 1.165) is 37.1 Å². The van der Waals surface area contributed by atoms with Crippen molar-refractivity contribution in [3.63, 3.8) is 0 Å². The van der Waals surface area contributed by atoms with Gasteiger partial charge in [0.25, 0.3) is 0 Å². The largest absolute Gasteiger partial charge is 0.573 e. The first-order chi connectivity index (χ1) is 19.9. The lowest BCUT2D eigenvalue weighted by Crippen LogP contribution is -2.55. The maximum atomic E-state index is 13.6. The molecule has 0 radical (unpaired) electrons. The van der Waals surface area contributed by atoms with Crippen LogP contribution in [0.4, 0.5) is 31.1 Å². The molecule has 6 nitrogen and oxygen atoms in total. The predicted molar refractivity (Wildman–Crippen MR) is 142 cm³/mol. The number of benzene rings is 3. The average molecular weight is 597 g/mol. The van der Waals surface area contributed by atoms with Gasteiger partial charge >= 0.3 is 18.8 Å². The Hall–Kier alpha value is -3.93. The fourth-order valence-corrected chi connectivity index (χ4v) is 5.39. The van der Waals surface area contributed by atoms with Crippen molar-refractivity contribution in [2.75, 3.05) is 6.61 Å². The molecule has 3 N–H and O–H groups in total. The number of amides is 2. The van der Waals surface area contributed by atoms with E-state index in [1.807, 2.05) is 0 Å². The van der Waals surface area contributed by atoms with Gasteiger partial charge in [-0.2, -0.15) is 0 Å². The monoisotopic (exact) mass is 596 g/mol. The zero-order chi connectivity index (χ0) is 30.4. The molecule has 3 aromatic carbocycles. The third-order valence-corrected chi connectivity index (χ3v) is 7.22. The molecule has 3 aromatic rings. The van der Waals surface area contributed by atoms with E-state index in [-0.39, 0.29) is 36.1 Å². The minimum atomic E-state index is -5.01. The van der Waals surface area contributed by atoms with Gasteiger partial charge in [0.1, 0.15) is 11.5 Å². The van der Waals surface area contributed by atoms with E-state index in [1.165, 1.54) is 24.3 Å². The lowest BCUT2D eigenvalue weighted by Gasteiger charge is -2.38. The Balaban J connectivity index is 1.85. The SMILES string of the molecule is O=C(N[C@@H]1CCCC[C@H]1CO)NC(Cc1ccccc1)(c1cccc(OC(F)(F)F)c1)c1cccc(OC(F)(F)F)c1. The Morgan fingerprint density at radius 3 is 1.86 bits per heavy atom. The summed E-state index contributed by atoms with van der Waals surface area (Å²) in [6.45, 7) is -0.145. The van der Waals surface area contributed by atoms with E-state index in [2.05, 4.69) is 20.1 Å². The summed E-state index contributed by atoms with van der Waals surface area (Å²) in [6.07, 6.45) is -7.05. The van der Waals surface area contributed by atoms with E-state index in [0.29, 0.717) is 18.4 Å². The van der Waals surface area contributed by atoms with E-state index < -0.39 is 35.8 Å². The number of halogens is 6. The Morgan fingerprint density at radius 1 is 0.786 bits per heavy atom. The van der Waals surface area contributed by atoms with Crippen LogP contribution in [-0.4, -0.2) is 36.5 Å². The Kier molecular flexibility index (Phi) is 9.55. The molecule has 2 atom stereocenters. The lowest BCUT2D eigenvalue weighted by molar-refractivity contribution is -0.275. The van der Waals surface area contributed by atoms with Gasteiger partial charge in [0, 0.05) is 25.0 Å². The number of carbonyl (C=O) groups is 1. The second kappa shape index (κ2) is 12.9. The number of ether oxygens (including phenoxy) is 2. The van der Waals surface area contributed by atoms with Gasteiger partial charge in [0.2, 0.25) is 0 Å². The lowest BCUT2D eigenvalue weighted by atomic mass is 9.77. The normalized spacial score (nSPS) is 17.8. The third-order valence-electron chi connectivity index (χ3n) is 7.22. The Bertz CT molecular complexity index is 1270. The van der Waals surface area contributed by atoms with Crippen LogP contribution in [0.1, 0.15) is 42.4 Å². The van der Waals surface area contributed by atoms with Crippen LogP contribution in [0.5, 0.6) is 11.5 Å². The first kappa shape index (κ1) is 31.0. The van der Waals surface area contributed by atoms with Crippen molar-refractivity contribution in [3.05, 3.63) is 95.6 Å². The number of nitrogens with one attached hydrogen (secondary N) is 2. The molecule has 0 bridgehead atoms. The van der Waals surface area contributed by atoms with Crippen molar-refractivity contribution in [2.45, 2.75) is 56.4 Å². The highest BCUT2D eigenvalue weighted by Crippen LogP contribution is 2.38. The number of hydrogen-bond acceptors (Lipinski definition) is 4. The molecule has 1 fully saturated rings. The highest BCUT2D eigenvalue weighted by Gasteiger charge is 2.40. The Labute approximate surface area is 238 Å². The molecule has 0 spiro atoms. The van der Waals surface area contributed by atoms with Crippen LogP contribution >= 0.6 is 0 Å². The van der Waals surface area contributed by atoms with Gasteiger partial charge in [-0.05, 0) is 53.8 Å². The van der Waals surface area contributed by atoms with E-state index in [9.17, 15) is 36.2 Å². The smallest absolute Gasteiger partial charge is 0.406 e. The number of aliphatic hydroxyl groups is 1. The number of urea groups is 1. The van der Waals surface area contributed by atoms with Gasteiger partial charge < -0.3 is 25.2 Å². The molecule has 1 aliphatic rings. The minimum absolute atomic E-state index is 0.0553. The molecular weight excluding hydrogens is 566 g/mol. The molecule has 226 valence electrons. The van der Waals surface area contributed by atoms with Gasteiger partial charge in [-0.15, -0.1) is 26.3 Å². The summed E-state index contributed by atoms with van der Waals surface area (Å²) in [7, 11) is 0. The molecule has 0 aliphatic heterocycles. The van der Waals surface area contributed by atoms with Crippen molar-refractivity contribution in [3.8, 4) is 11.5 Å². The third kappa shape index (κ3) is 8.31. The van der Waals surface area contributed by atoms with Gasteiger partial charge in [-0.25, -0.2) is 4.79 Å². The van der Waals surface area contributed by atoms with E-state index in [4.69, 9.17) is 0 Å². The van der Waals surface area contributed by atoms with Crippen LogP contribution in [0.3, 0.4) is 0 Å². The second-order valence-electron chi connectivity index (χ2n) is 10.2. The first-order valence-corrected chi connectivity index (χ1v) is 13.3. The summed E-state index contributed by atoms with van der Waals surface area (Å²) in [5.74, 6) is -1.34. The van der Waals surface area contributed by atoms with Crippen LogP contribution in [0, 0.1) is 5.92 Å². The standard InChI is InChI=1S/C30H30F6N2O4/c31-29(32,33)41-24-13-6-11-22(16-24)28(18-20-8-2-1-3-9-20,23-12-7-14-25(17-23)42-30(34,35)36)38-27(40)37-26-15-5-4-10-21(26)19-39/h1-3,6-9,11-14,16-17,21,26,39H,4-5,10,15,18-19H2,(H2,37,38,40)/t21-,26+/m0/s1. The fraction of sp³-hybridized carbons (Fsp3) is 0.367. The average Bonchev–Trinajstić information content (AvgIpc) is 2.92. The van der Waals surface area contributed by atoms with E-state index >= 15 is 0 Å². The number of alkyl halides is 6. The highest BCUT2D eigenvalue weighted by molar-refractivity contribution is 5.76. The number of hydrogen-bond donors (Lipinski definition) is 3. The van der Waals surface area contributed by atoms with Crippen molar-refractivity contribution in [2.24, 2.45) is 5.92 Å². The van der Waals surface area contributed by atoms with Crippen LogP contribution in [0.25, 0.3) is 0 Å². The molecule has 42 heavy (non-hydrogen) atoms. The molecule has 0 aromatic heterocycles. The molecular formula is C30H30F6N2O4. The maximum Gasteiger partial charge on any atom is 0.573 e. The molecule has 0 saturated heterocycles. The number of aliphatic hydroxyl groups excluding tert-OH is 1. The molecule has 1 saturated carbocycles. The second-order valence-corrected chi connectivity index (χ2v) is 10.2. The maximum absolute atomic E-state index is 13.6. The number of rotatable bonds is 9. The van der Waals surface area contributed by atoms with Gasteiger partial charge in [0.05, 0.1) is 5.54 Å². The van der Waals surface area contributed by atoms with Crippen LogP contribution in [0.15, 0.2) is 78.9 Å². The van der Waals surface area contributed by atoms with Gasteiger partial charge in [-0.1, -0.05) is 67.4 Å². The van der Waals surface area contributed by atoms with E-state index in [1.54, 1.807) is 30.3 Å². The van der Waals surface area contributed by atoms with Crippen LogP contribution in [-0.2, 0) is 12.0 Å². The summed E-state index contributed by atoms with van der Waals surface area (Å²) < 4.78 is 87.1. The summed E-state index contributed by atoms with van der Waals surface area (Å²) in [6, 6.07) is 17.4.